The summed E-state index contributed by atoms with van der Waals surface area (Å²) >= 11 is 0. The number of carbonyl (C=O) groups excluding carboxylic acids is 1. The number of nitrogens with one attached hydrogen (secondary N) is 1. The van der Waals surface area contributed by atoms with E-state index in [2.05, 4.69) is 9.72 Å². The third-order valence-electron chi connectivity index (χ3n) is 1.98. The highest BCUT2D eigenvalue weighted by Crippen LogP contribution is 2.28. The molecule has 0 unspecified atom stereocenters. The van der Waals surface area contributed by atoms with Gasteiger partial charge in [-0.3, -0.25) is 9.59 Å². The first-order valence-corrected chi connectivity index (χ1v) is 4.84. The van der Waals surface area contributed by atoms with Gasteiger partial charge in [-0.05, 0) is 6.92 Å². The van der Waals surface area contributed by atoms with Gasteiger partial charge in [-0.15, -0.1) is 0 Å². The monoisotopic (exact) mass is 247 g/mol. The fourth-order valence-electron chi connectivity index (χ4n) is 1.28. The number of aromatic hydroxyl groups is 1. The number of carbonyl (C=O) groups is 1. The number of halogens is 2. The van der Waals surface area contributed by atoms with Crippen LogP contribution in [0.1, 0.15) is 24.6 Å². The Bertz CT molecular complexity index is 470. The zero-order chi connectivity index (χ0) is 13.0. The molecule has 1 rings (SSSR count). The number of aromatic nitrogens is 1. The van der Waals surface area contributed by atoms with Crippen molar-refractivity contribution in [3.63, 3.8) is 0 Å². The molecule has 17 heavy (non-hydrogen) atoms. The van der Waals surface area contributed by atoms with Crippen molar-refractivity contribution >= 4 is 5.97 Å². The maximum Gasteiger partial charge on any atom is 0.311 e. The maximum atomic E-state index is 12.4. The van der Waals surface area contributed by atoms with Gasteiger partial charge in [-0.25, -0.2) is 8.78 Å². The van der Waals surface area contributed by atoms with Gasteiger partial charge in [-0.2, -0.15) is 0 Å². The predicted octanol–water partition coefficient (Wildman–Crippen LogP) is 1.12. The van der Waals surface area contributed by atoms with Crippen LogP contribution in [0.3, 0.4) is 0 Å². The molecule has 0 saturated heterocycles. The second-order valence-electron chi connectivity index (χ2n) is 3.20. The summed E-state index contributed by atoms with van der Waals surface area (Å²) in [5, 5.41) is 9.44. The number of aromatic amines is 1. The number of ether oxygens (including phenoxy) is 1. The quantitative estimate of drug-likeness (QED) is 0.781. The number of pyridine rings is 1. The Morgan fingerprint density at radius 2 is 2.24 bits per heavy atom. The van der Waals surface area contributed by atoms with Crippen LogP contribution in [-0.2, 0) is 16.0 Å². The first kappa shape index (κ1) is 13.1. The van der Waals surface area contributed by atoms with Crippen LogP contribution in [0.25, 0.3) is 0 Å². The SMILES string of the molecule is CCOC(=O)Cc1[nH]c(=O)cc(C(F)F)c1O. The highest BCUT2D eigenvalue weighted by atomic mass is 19.3. The second-order valence-corrected chi connectivity index (χ2v) is 3.20. The lowest BCUT2D eigenvalue weighted by Crippen LogP contribution is -2.15. The molecule has 0 atom stereocenters. The summed E-state index contributed by atoms with van der Waals surface area (Å²) in [6.07, 6.45) is -3.45. The van der Waals surface area contributed by atoms with E-state index in [1.54, 1.807) is 6.92 Å². The Labute approximate surface area is 95.0 Å². The highest BCUT2D eigenvalue weighted by molar-refractivity contribution is 5.73. The van der Waals surface area contributed by atoms with Crippen molar-refractivity contribution < 1.29 is 23.4 Å². The first-order chi connectivity index (χ1) is 7.95. The molecular formula is C10H11F2NO4. The number of hydrogen-bond donors (Lipinski definition) is 2. The van der Waals surface area contributed by atoms with Gasteiger partial charge in [0.05, 0.1) is 24.3 Å². The summed E-state index contributed by atoms with van der Waals surface area (Å²) in [6.45, 7) is 1.70. The molecule has 0 aliphatic rings. The smallest absolute Gasteiger partial charge is 0.311 e. The molecule has 1 aromatic rings. The number of esters is 1. The van der Waals surface area contributed by atoms with Gasteiger partial charge in [0.15, 0.2) is 0 Å². The van der Waals surface area contributed by atoms with Crippen LogP contribution in [0, 0.1) is 0 Å². The van der Waals surface area contributed by atoms with Crippen molar-refractivity contribution in [3.8, 4) is 5.75 Å². The molecule has 0 amide bonds. The Hall–Kier alpha value is -1.92. The molecule has 0 fully saturated rings. The predicted molar refractivity (Wildman–Crippen MR) is 54.0 cm³/mol. The maximum absolute atomic E-state index is 12.4. The van der Waals surface area contributed by atoms with Crippen LogP contribution in [0.5, 0.6) is 5.75 Å². The minimum atomic E-state index is -2.99. The molecule has 2 N–H and O–H groups in total. The van der Waals surface area contributed by atoms with Crippen LogP contribution in [-0.4, -0.2) is 22.7 Å². The van der Waals surface area contributed by atoms with Crippen molar-refractivity contribution in [1.82, 2.24) is 4.98 Å². The first-order valence-electron chi connectivity index (χ1n) is 4.84. The van der Waals surface area contributed by atoms with Crippen LogP contribution in [0.4, 0.5) is 8.78 Å². The number of rotatable bonds is 4. The van der Waals surface area contributed by atoms with Gasteiger partial charge in [0, 0.05) is 6.07 Å². The summed E-state index contributed by atoms with van der Waals surface area (Å²) < 4.78 is 29.5. The molecule has 0 aliphatic heterocycles. The van der Waals surface area contributed by atoms with Crippen LogP contribution in [0.15, 0.2) is 10.9 Å². The van der Waals surface area contributed by atoms with E-state index in [1.165, 1.54) is 0 Å². The molecule has 0 spiro atoms. The minimum absolute atomic E-state index is 0.123. The van der Waals surface area contributed by atoms with E-state index in [0.717, 1.165) is 0 Å². The van der Waals surface area contributed by atoms with Gasteiger partial charge in [0.1, 0.15) is 5.75 Å². The average Bonchev–Trinajstić information content (AvgIpc) is 2.22. The topological polar surface area (TPSA) is 79.4 Å². The van der Waals surface area contributed by atoms with Crippen molar-refractivity contribution in [2.24, 2.45) is 0 Å². The number of H-pyrrole nitrogens is 1. The summed E-state index contributed by atoms with van der Waals surface area (Å²) in [5.41, 5.74) is -1.88. The summed E-state index contributed by atoms with van der Waals surface area (Å²) in [7, 11) is 0. The van der Waals surface area contributed by atoms with Crippen LogP contribution >= 0.6 is 0 Å². The van der Waals surface area contributed by atoms with E-state index in [4.69, 9.17) is 0 Å². The molecular weight excluding hydrogens is 236 g/mol. The van der Waals surface area contributed by atoms with Gasteiger partial charge in [-0.1, -0.05) is 0 Å². The Balaban J connectivity index is 3.08. The normalized spacial score (nSPS) is 10.6. The van der Waals surface area contributed by atoms with E-state index >= 15 is 0 Å². The Morgan fingerprint density at radius 3 is 2.76 bits per heavy atom. The summed E-state index contributed by atoms with van der Waals surface area (Å²) in [5.74, 6) is -1.50. The fraction of sp³-hybridized carbons (Fsp3) is 0.400. The van der Waals surface area contributed by atoms with Crippen molar-refractivity contribution in [3.05, 3.63) is 27.7 Å². The van der Waals surface area contributed by atoms with Gasteiger partial charge < -0.3 is 14.8 Å². The fourth-order valence-corrected chi connectivity index (χ4v) is 1.28. The lowest BCUT2D eigenvalue weighted by molar-refractivity contribution is -0.142. The van der Waals surface area contributed by atoms with E-state index < -0.39 is 35.7 Å². The second kappa shape index (κ2) is 5.42. The molecule has 7 heteroatoms. The van der Waals surface area contributed by atoms with Gasteiger partial charge >= 0.3 is 5.97 Å². The summed E-state index contributed by atoms with van der Waals surface area (Å²) in [4.78, 5) is 24.3. The van der Waals surface area contributed by atoms with E-state index in [9.17, 15) is 23.5 Å². The zero-order valence-corrected chi connectivity index (χ0v) is 9.00. The van der Waals surface area contributed by atoms with Crippen molar-refractivity contribution in [1.29, 1.82) is 0 Å². The molecule has 5 nitrogen and oxygen atoms in total. The van der Waals surface area contributed by atoms with E-state index in [-0.39, 0.29) is 12.3 Å². The highest BCUT2D eigenvalue weighted by Gasteiger charge is 2.19. The Morgan fingerprint density at radius 1 is 1.59 bits per heavy atom. The molecule has 0 saturated carbocycles. The van der Waals surface area contributed by atoms with Crippen LogP contribution < -0.4 is 5.56 Å². The average molecular weight is 247 g/mol. The molecule has 0 aliphatic carbocycles. The van der Waals surface area contributed by atoms with E-state index in [0.29, 0.717) is 6.07 Å². The van der Waals surface area contributed by atoms with Gasteiger partial charge in [0.25, 0.3) is 6.43 Å². The van der Waals surface area contributed by atoms with Gasteiger partial charge in [0.2, 0.25) is 5.56 Å². The van der Waals surface area contributed by atoms with Crippen molar-refractivity contribution in [2.75, 3.05) is 6.61 Å². The zero-order valence-electron chi connectivity index (χ0n) is 9.00. The largest absolute Gasteiger partial charge is 0.506 e. The molecule has 94 valence electrons. The third kappa shape index (κ3) is 3.27. The van der Waals surface area contributed by atoms with E-state index in [1.807, 2.05) is 0 Å². The molecule has 1 heterocycles. The Kier molecular flexibility index (Phi) is 4.19. The number of hydrogen-bond acceptors (Lipinski definition) is 4. The molecule has 1 aromatic heterocycles. The number of alkyl halides is 2. The minimum Gasteiger partial charge on any atom is -0.506 e. The standard InChI is InChI=1S/C10H11F2NO4/c1-2-17-8(15)4-6-9(16)5(10(11)12)3-7(14)13-6/h3,10,16H,2,4H2,1H3,(H,13,14). The summed E-state index contributed by atoms with van der Waals surface area (Å²) in [6, 6.07) is 0.592. The third-order valence-corrected chi connectivity index (χ3v) is 1.98. The lowest BCUT2D eigenvalue weighted by Gasteiger charge is -2.08. The molecule has 0 bridgehead atoms. The molecule has 0 radical (unpaired) electrons. The molecule has 0 aromatic carbocycles. The van der Waals surface area contributed by atoms with Crippen LogP contribution in [0.2, 0.25) is 0 Å². The van der Waals surface area contributed by atoms with Crippen molar-refractivity contribution in [2.45, 2.75) is 19.8 Å². The lowest BCUT2D eigenvalue weighted by atomic mass is 10.1.